The fraction of sp³-hybridized carbons (Fsp3) is 0.0476. The molecule has 0 saturated carbocycles. The van der Waals surface area contributed by atoms with Gasteiger partial charge in [0.15, 0.2) is 0 Å². The molecule has 7 heteroatoms. The number of carbonyl (C=O) groups is 2. The van der Waals surface area contributed by atoms with E-state index in [0.717, 1.165) is 0 Å². The zero-order valence-electron chi connectivity index (χ0n) is 15.0. The summed E-state index contributed by atoms with van der Waals surface area (Å²) in [5, 5.41) is 16.4. The Bertz CT molecular complexity index is 1030. The van der Waals surface area contributed by atoms with Crippen LogP contribution >= 0.6 is 0 Å². The van der Waals surface area contributed by atoms with E-state index in [2.05, 4.69) is 10.6 Å². The van der Waals surface area contributed by atoms with Crippen molar-refractivity contribution in [3.05, 3.63) is 99.6 Å². The van der Waals surface area contributed by atoms with Gasteiger partial charge in [-0.25, -0.2) is 0 Å². The van der Waals surface area contributed by atoms with Crippen LogP contribution in [0.5, 0.6) is 0 Å². The summed E-state index contributed by atoms with van der Waals surface area (Å²) in [6, 6.07) is 19.7. The third kappa shape index (κ3) is 4.39. The fourth-order valence-electron chi connectivity index (χ4n) is 2.63. The van der Waals surface area contributed by atoms with Gasteiger partial charge in [-0.2, -0.15) is 0 Å². The molecule has 0 aliphatic heterocycles. The minimum atomic E-state index is -0.487. The summed E-state index contributed by atoms with van der Waals surface area (Å²) in [6.07, 6.45) is 0. The third-order valence-corrected chi connectivity index (χ3v) is 4.09. The minimum Gasteiger partial charge on any atom is -0.322 e. The summed E-state index contributed by atoms with van der Waals surface area (Å²) in [5.41, 5.74) is 2.39. The van der Waals surface area contributed by atoms with E-state index in [0.29, 0.717) is 28.1 Å². The molecule has 2 N–H and O–H groups in total. The van der Waals surface area contributed by atoms with Gasteiger partial charge in [0, 0.05) is 34.1 Å². The molecule has 0 fully saturated rings. The molecule has 0 unspecified atom stereocenters. The molecule has 3 aromatic carbocycles. The molecule has 3 rings (SSSR count). The number of aryl methyl sites for hydroxylation is 1. The molecule has 3 aromatic rings. The SMILES string of the molecule is Cc1cc(C(=O)Nc2ccc(NC(=O)c3ccccc3)cc2)ccc1[N+](=O)[O-]. The van der Waals surface area contributed by atoms with E-state index in [1.54, 1.807) is 55.5 Å². The maximum atomic E-state index is 12.3. The maximum Gasteiger partial charge on any atom is 0.272 e. The van der Waals surface area contributed by atoms with Crippen LogP contribution in [0.1, 0.15) is 26.3 Å². The summed E-state index contributed by atoms with van der Waals surface area (Å²) < 4.78 is 0. The molecule has 140 valence electrons. The number of benzene rings is 3. The second-order valence-electron chi connectivity index (χ2n) is 6.11. The van der Waals surface area contributed by atoms with Crippen molar-refractivity contribution in [2.24, 2.45) is 0 Å². The van der Waals surface area contributed by atoms with Gasteiger partial charge in [-0.3, -0.25) is 19.7 Å². The van der Waals surface area contributed by atoms with Crippen LogP contribution in [0.3, 0.4) is 0 Å². The topological polar surface area (TPSA) is 101 Å². The summed E-state index contributed by atoms with van der Waals surface area (Å²) in [6.45, 7) is 1.58. The van der Waals surface area contributed by atoms with Crippen molar-refractivity contribution >= 4 is 28.9 Å². The van der Waals surface area contributed by atoms with Crippen LogP contribution in [0.15, 0.2) is 72.8 Å². The van der Waals surface area contributed by atoms with Gasteiger partial charge in [0.25, 0.3) is 17.5 Å². The quantitative estimate of drug-likeness (QED) is 0.509. The van der Waals surface area contributed by atoms with Crippen LogP contribution in [0.4, 0.5) is 17.1 Å². The molecule has 0 atom stereocenters. The predicted octanol–water partition coefficient (Wildman–Crippen LogP) is 4.41. The number of anilines is 2. The lowest BCUT2D eigenvalue weighted by molar-refractivity contribution is -0.385. The van der Waals surface area contributed by atoms with Gasteiger partial charge < -0.3 is 10.6 Å². The van der Waals surface area contributed by atoms with Crippen molar-refractivity contribution in [3.63, 3.8) is 0 Å². The molecule has 7 nitrogen and oxygen atoms in total. The molecule has 0 aromatic heterocycles. The molecular formula is C21H17N3O4. The number of carbonyl (C=O) groups excluding carboxylic acids is 2. The maximum absolute atomic E-state index is 12.3. The molecule has 28 heavy (non-hydrogen) atoms. The van der Waals surface area contributed by atoms with Crippen molar-refractivity contribution < 1.29 is 14.5 Å². The van der Waals surface area contributed by atoms with Crippen LogP contribution in [-0.4, -0.2) is 16.7 Å². The first kappa shape index (κ1) is 18.8. The number of nitro groups is 1. The van der Waals surface area contributed by atoms with Crippen molar-refractivity contribution in [1.29, 1.82) is 0 Å². The van der Waals surface area contributed by atoms with Gasteiger partial charge in [0.2, 0.25) is 0 Å². The third-order valence-electron chi connectivity index (χ3n) is 4.09. The number of hydrogen-bond donors (Lipinski definition) is 2. The number of nitrogens with one attached hydrogen (secondary N) is 2. The van der Waals surface area contributed by atoms with Crippen molar-refractivity contribution in [2.45, 2.75) is 6.92 Å². The summed E-state index contributed by atoms with van der Waals surface area (Å²) >= 11 is 0. The molecule has 0 aliphatic carbocycles. The number of hydrogen-bond acceptors (Lipinski definition) is 4. The molecule has 2 amide bonds. The van der Waals surface area contributed by atoms with E-state index >= 15 is 0 Å². The van der Waals surface area contributed by atoms with Gasteiger partial charge in [0.05, 0.1) is 4.92 Å². The van der Waals surface area contributed by atoms with E-state index in [-0.39, 0.29) is 17.5 Å². The van der Waals surface area contributed by atoms with E-state index in [1.807, 2.05) is 6.07 Å². The monoisotopic (exact) mass is 375 g/mol. The van der Waals surface area contributed by atoms with Crippen molar-refractivity contribution in [3.8, 4) is 0 Å². The normalized spacial score (nSPS) is 10.2. The molecular weight excluding hydrogens is 358 g/mol. The second-order valence-corrected chi connectivity index (χ2v) is 6.11. The lowest BCUT2D eigenvalue weighted by atomic mass is 10.1. The van der Waals surface area contributed by atoms with Gasteiger partial charge in [-0.15, -0.1) is 0 Å². The Morgan fingerprint density at radius 1 is 0.786 bits per heavy atom. The first-order valence-corrected chi connectivity index (χ1v) is 8.47. The highest BCUT2D eigenvalue weighted by atomic mass is 16.6. The molecule has 0 heterocycles. The molecule has 0 aliphatic rings. The predicted molar refractivity (Wildman–Crippen MR) is 107 cm³/mol. The molecule has 0 spiro atoms. The molecule has 0 radical (unpaired) electrons. The molecule has 0 bridgehead atoms. The van der Waals surface area contributed by atoms with E-state index in [9.17, 15) is 19.7 Å². The van der Waals surface area contributed by atoms with E-state index < -0.39 is 4.92 Å². The standard InChI is InChI=1S/C21H17N3O4/c1-14-13-16(7-12-19(14)24(27)28)21(26)23-18-10-8-17(9-11-18)22-20(25)15-5-3-2-4-6-15/h2-13H,1H3,(H,22,25)(H,23,26). The van der Waals surface area contributed by atoms with Crippen LogP contribution < -0.4 is 10.6 Å². The van der Waals surface area contributed by atoms with Gasteiger partial charge in [0.1, 0.15) is 0 Å². The Morgan fingerprint density at radius 2 is 1.32 bits per heavy atom. The highest BCUT2D eigenvalue weighted by Crippen LogP contribution is 2.20. The van der Waals surface area contributed by atoms with E-state index in [4.69, 9.17) is 0 Å². The van der Waals surface area contributed by atoms with Gasteiger partial charge in [-0.05, 0) is 55.5 Å². The lowest BCUT2D eigenvalue weighted by Gasteiger charge is -2.09. The highest BCUT2D eigenvalue weighted by Gasteiger charge is 2.14. The largest absolute Gasteiger partial charge is 0.322 e. The molecule has 0 saturated heterocycles. The first-order chi connectivity index (χ1) is 13.4. The number of nitrogens with zero attached hydrogens (tertiary/aromatic N) is 1. The Labute approximate surface area is 161 Å². The summed E-state index contributed by atoms with van der Waals surface area (Å²) in [4.78, 5) is 34.9. The van der Waals surface area contributed by atoms with Crippen LogP contribution in [-0.2, 0) is 0 Å². The highest BCUT2D eigenvalue weighted by molar-refractivity contribution is 6.05. The zero-order chi connectivity index (χ0) is 20.1. The number of rotatable bonds is 5. The van der Waals surface area contributed by atoms with Crippen molar-refractivity contribution in [1.82, 2.24) is 0 Å². The van der Waals surface area contributed by atoms with Crippen LogP contribution in [0.2, 0.25) is 0 Å². The summed E-state index contributed by atoms with van der Waals surface area (Å²) in [5.74, 6) is -0.599. The van der Waals surface area contributed by atoms with Crippen LogP contribution in [0, 0.1) is 17.0 Å². The zero-order valence-corrected chi connectivity index (χ0v) is 15.0. The van der Waals surface area contributed by atoms with Crippen LogP contribution in [0.25, 0.3) is 0 Å². The smallest absolute Gasteiger partial charge is 0.272 e. The Hall–Kier alpha value is -4.00. The van der Waals surface area contributed by atoms with Crippen molar-refractivity contribution in [2.75, 3.05) is 10.6 Å². The minimum absolute atomic E-state index is 0.0324. The summed E-state index contributed by atoms with van der Waals surface area (Å²) in [7, 11) is 0. The Kier molecular flexibility index (Phi) is 5.45. The number of amides is 2. The Balaban J connectivity index is 1.65. The average Bonchev–Trinajstić information content (AvgIpc) is 2.69. The Morgan fingerprint density at radius 3 is 1.82 bits per heavy atom. The van der Waals surface area contributed by atoms with E-state index in [1.165, 1.54) is 18.2 Å². The fourth-order valence-corrected chi connectivity index (χ4v) is 2.63. The average molecular weight is 375 g/mol. The van der Waals surface area contributed by atoms with Gasteiger partial charge in [-0.1, -0.05) is 18.2 Å². The first-order valence-electron chi connectivity index (χ1n) is 8.47. The number of nitro benzene ring substituents is 1. The second kappa shape index (κ2) is 8.13. The van der Waals surface area contributed by atoms with Gasteiger partial charge >= 0.3 is 0 Å². The lowest BCUT2D eigenvalue weighted by Crippen LogP contribution is -2.13.